The number of pyridine rings is 1. The van der Waals surface area contributed by atoms with Crippen LogP contribution in [0.1, 0.15) is 0 Å². The van der Waals surface area contributed by atoms with Crippen LogP contribution in [-0.4, -0.2) is 24.5 Å². The van der Waals surface area contributed by atoms with Gasteiger partial charge >= 0.3 is 0 Å². The van der Waals surface area contributed by atoms with Gasteiger partial charge in [0.25, 0.3) is 0 Å². The third-order valence-electron chi connectivity index (χ3n) is 1.56. The summed E-state index contributed by atoms with van der Waals surface area (Å²) >= 11 is 3.33. The Morgan fingerprint density at radius 3 is 3.00 bits per heavy atom. The maximum absolute atomic E-state index is 10.6. The third kappa shape index (κ3) is 2.69. The summed E-state index contributed by atoms with van der Waals surface area (Å²) in [6, 6.07) is 1.81. The average Bonchev–Trinajstić information content (AvgIpc) is 2.03. The molecule has 13 heavy (non-hydrogen) atoms. The number of primary amides is 1. The van der Waals surface area contributed by atoms with Gasteiger partial charge in [-0.25, -0.2) is 0 Å². The van der Waals surface area contributed by atoms with E-state index in [9.17, 15) is 4.79 Å². The summed E-state index contributed by atoms with van der Waals surface area (Å²) in [5.41, 5.74) is 5.97. The molecule has 0 aliphatic rings. The lowest BCUT2D eigenvalue weighted by molar-refractivity contribution is -0.116. The largest absolute Gasteiger partial charge is 0.368 e. The Hall–Kier alpha value is -1.10. The Labute approximate surface area is 84.9 Å². The number of carbonyl (C=O) groups is 1. The molecular weight excluding hydrogens is 234 g/mol. The minimum absolute atomic E-state index is 0.197. The van der Waals surface area contributed by atoms with E-state index in [-0.39, 0.29) is 12.5 Å². The van der Waals surface area contributed by atoms with E-state index in [0.29, 0.717) is 0 Å². The van der Waals surface area contributed by atoms with Gasteiger partial charge in [0.15, 0.2) is 0 Å². The second-order valence-corrected chi connectivity index (χ2v) is 3.50. The van der Waals surface area contributed by atoms with E-state index < -0.39 is 0 Å². The van der Waals surface area contributed by atoms with Crippen molar-refractivity contribution in [2.45, 2.75) is 0 Å². The van der Waals surface area contributed by atoms with Crippen molar-refractivity contribution >= 4 is 27.5 Å². The van der Waals surface area contributed by atoms with Crippen LogP contribution in [0, 0.1) is 0 Å². The monoisotopic (exact) mass is 243 g/mol. The normalized spacial score (nSPS) is 9.69. The molecule has 2 N–H and O–H groups in total. The molecule has 4 nitrogen and oxygen atoms in total. The fourth-order valence-corrected chi connectivity index (χ4v) is 1.55. The topological polar surface area (TPSA) is 59.2 Å². The summed E-state index contributed by atoms with van der Waals surface area (Å²) in [7, 11) is 1.80. The van der Waals surface area contributed by atoms with Crippen molar-refractivity contribution in [3.05, 3.63) is 22.9 Å². The SMILES string of the molecule is CN(CC(N)=O)c1ccncc1Br. The molecule has 1 heterocycles. The number of carbonyl (C=O) groups excluding carboxylic acids is 1. The van der Waals surface area contributed by atoms with Gasteiger partial charge in [-0.2, -0.15) is 0 Å². The second-order valence-electron chi connectivity index (χ2n) is 2.65. The highest BCUT2D eigenvalue weighted by molar-refractivity contribution is 9.10. The zero-order valence-corrected chi connectivity index (χ0v) is 8.78. The van der Waals surface area contributed by atoms with Crippen LogP contribution in [0.4, 0.5) is 5.69 Å². The highest BCUT2D eigenvalue weighted by atomic mass is 79.9. The van der Waals surface area contributed by atoms with Gasteiger partial charge in [0.05, 0.1) is 16.7 Å². The first-order valence-corrected chi connectivity index (χ1v) is 4.49. The summed E-state index contributed by atoms with van der Waals surface area (Å²) in [6.45, 7) is 0.197. The van der Waals surface area contributed by atoms with Crippen LogP contribution in [0.25, 0.3) is 0 Å². The minimum atomic E-state index is -0.355. The molecule has 0 spiro atoms. The fourth-order valence-electron chi connectivity index (χ4n) is 0.996. The molecule has 0 unspecified atom stereocenters. The molecule has 0 aromatic carbocycles. The minimum Gasteiger partial charge on any atom is -0.368 e. The molecule has 0 fully saturated rings. The Kier molecular flexibility index (Phi) is 3.25. The molecule has 0 bridgehead atoms. The lowest BCUT2D eigenvalue weighted by atomic mass is 10.3. The first-order valence-electron chi connectivity index (χ1n) is 3.70. The number of anilines is 1. The van der Waals surface area contributed by atoms with E-state index in [2.05, 4.69) is 20.9 Å². The summed E-state index contributed by atoms with van der Waals surface area (Å²) in [5.74, 6) is -0.355. The molecule has 0 aliphatic heterocycles. The highest BCUT2D eigenvalue weighted by Crippen LogP contribution is 2.22. The summed E-state index contributed by atoms with van der Waals surface area (Å²) in [5, 5.41) is 0. The summed E-state index contributed by atoms with van der Waals surface area (Å²) in [6.07, 6.45) is 3.34. The van der Waals surface area contributed by atoms with E-state index >= 15 is 0 Å². The zero-order valence-electron chi connectivity index (χ0n) is 7.20. The lowest BCUT2D eigenvalue weighted by Gasteiger charge is -2.17. The number of nitrogens with zero attached hydrogens (tertiary/aromatic N) is 2. The average molecular weight is 244 g/mol. The van der Waals surface area contributed by atoms with Gasteiger partial charge in [-0.05, 0) is 22.0 Å². The number of nitrogens with two attached hydrogens (primary N) is 1. The zero-order chi connectivity index (χ0) is 9.84. The first kappa shape index (κ1) is 9.98. The van der Waals surface area contributed by atoms with Crippen molar-refractivity contribution in [3.8, 4) is 0 Å². The fraction of sp³-hybridized carbons (Fsp3) is 0.250. The molecule has 0 radical (unpaired) electrons. The van der Waals surface area contributed by atoms with E-state index in [1.54, 1.807) is 24.3 Å². The van der Waals surface area contributed by atoms with Gasteiger partial charge in [-0.3, -0.25) is 9.78 Å². The predicted molar refractivity (Wildman–Crippen MR) is 54.4 cm³/mol. The van der Waals surface area contributed by atoms with Gasteiger partial charge in [0, 0.05) is 19.4 Å². The lowest BCUT2D eigenvalue weighted by Crippen LogP contribution is -2.30. The number of hydrogen-bond donors (Lipinski definition) is 1. The number of hydrogen-bond acceptors (Lipinski definition) is 3. The highest BCUT2D eigenvalue weighted by Gasteiger charge is 2.06. The maximum Gasteiger partial charge on any atom is 0.236 e. The molecule has 1 aromatic rings. The van der Waals surface area contributed by atoms with Gasteiger partial charge in [0.2, 0.25) is 5.91 Å². The van der Waals surface area contributed by atoms with E-state index in [1.165, 1.54) is 0 Å². The van der Waals surface area contributed by atoms with Crippen molar-refractivity contribution in [2.75, 3.05) is 18.5 Å². The maximum atomic E-state index is 10.6. The standard InChI is InChI=1S/C8H10BrN3O/c1-12(5-8(10)13)7-2-3-11-4-6(7)9/h2-4H,5H2,1H3,(H2,10,13). The molecule has 0 saturated carbocycles. The van der Waals surface area contributed by atoms with Crippen LogP contribution >= 0.6 is 15.9 Å². The van der Waals surface area contributed by atoms with Crippen LogP contribution in [0.15, 0.2) is 22.9 Å². The smallest absolute Gasteiger partial charge is 0.236 e. The van der Waals surface area contributed by atoms with Crippen molar-refractivity contribution in [2.24, 2.45) is 5.73 Å². The molecule has 5 heteroatoms. The number of likely N-dealkylation sites (N-methyl/N-ethyl adjacent to an activating group) is 1. The first-order chi connectivity index (χ1) is 6.11. The van der Waals surface area contributed by atoms with E-state index in [4.69, 9.17) is 5.73 Å². The van der Waals surface area contributed by atoms with E-state index in [1.807, 2.05) is 6.07 Å². The molecule has 0 saturated heterocycles. The van der Waals surface area contributed by atoms with Crippen LogP contribution in [-0.2, 0) is 4.79 Å². The quantitative estimate of drug-likeness (QED) is 0.854. The van der Waals surface area contributed by atoms with E-state index in [0.717, 1.165) is 10.2 Å². The van der Waals surface area contributed by atoms with Crippen LogP contribution in [0.5, 0.6) is 0 Å². The second kappa shape index (κ2) is 4.23. The number of aromatic nitrogens is 1. The predicted octanol–water partition coefficient (Wildman–Crippen LogP) is 0.766. The van der Waals surface area contributed by atoms with Crippen LogP contribution < -0.4 is 10.6 Å². The molecule has 1 rings (SSSR count). The molecular formula is C8H10BrN3O. The van der Waals surface area contributed by atoms with Gasteiger partial charge in [0.1, 0.15) is 0 Å². The summed E-state index contributed by atoms with van der Waals surface area (Å²) in [4.78, 5) is 16.3. The Bertz CT molecular complexity index is 316. The Morgan fingerprint density at radius 1 is 1.77 bits per heavy atom. The molecule has 1 amide bonds. The molecule has 0 aliphatic carbocycles. The number of halogens is 1. The number of rotatable bonds is 3. The molecule has 70 valence electrons. The van der Waals surface area contributed by atoms with Crippen molar-refractivity contribution < 1.29 is 4.79 Å². The van der Waals surface area contributed by atoms with Crippen molar-refractivity contribution in [3.63, 3.8) is 0 Å². The van der Waals surface area contributed by atoms with Gasteiger partial charge in [-0.15, -0.1) is 0 Å². The van der Waals surface area contributed by atoms with Gasteiger partial charge in [-0.1, -0.05) is 0 Å². The van der Waals surface area contributed by atoms with Crippen LogP contribution in [0.3, 0.4) is 0 Å². The van der Waals surface area contributed by atoms with Gasteiger partial charge < -0.3 is 10.6 Å². The Morgan fingerprint density at radius 2 is 2.46 bits per heavy atom. The molecule has 0 atom stereocenters. The van der Waals surface area contributed by atoms with Crippen molar-refractivity contribution in [1.82, 2.24) is 4.98 Å². The Balaban J connectivity index is 2.82. The summed E-state index contributed by atoms with van der Waals surface area (Å²) < 4.78 is 0.846. The third-order valence-corrected chi connectivity index (χ3v) is 2.17. The number of amides is 1. The molecule has 1 aromatic heterocycles. The van der Waals surface area contributed by atoms with Crippen LogP contribution in [0.2, 0.25) is 0 Å². The van der Waals surface area contributed by atoms with Crippen molar-refractivity contribution in [1.29, 1.82) is 0 Å².